The number of nitrogens with two attached hydrogens (primary N) is 1. The minimum Gasteiger partial charge on any atom is -0.493 e. The highest BCUT2D eigenvalue weighted by molar-refractivity contribution is 5.84. The number of amides is 2. The van der Waals surface area contributed by atoms with Gasteiger partial charge < -0.3 is 21.1 Å². The molecule has 0 bridgehead atoms. The van der Waals surface area contributed by atoms with Crippen LogP contribution in [0.5, 0.6) is 5.75 Å². The van der Waals surface area contributed by atoms with Crippen molar-refractivity contribution in [2.75, 3.05) is 13.2 Å². The summed E-state index contributed by atoms with van der Waals surface area (Å²) < 4.78 is 5.93. The van der Waals surface area contributed by atoms with Gasteiger partial charge in [-0.25, -0.2) is 0 Å². The van der Waals surface area contributed by atoms with Crippen molar-refractivity contribution < 1.29 is 14.3 Å². The lowest BCUT2D eigenvalue weighted by Crippen LogP contribution is -2.47. The van der Waals surface area contributed by atoms with E-state index >= 15 is 0 Å². The van der Waals surface area contributed by atoms with Crippen molar-refractivity contribution in [2.24, 2.45) is 17.6 Å². The van der Waals surface area contributed by atoms with Crippen LogP contribution in [0.15, 0.2) is 54.6 Å². The third-order valence-electron chi connectivity index (χ3n) is 6.65. The smallest absolute Gasteiger partial charge is 0.237 e. The van der Waals surface area contributed by atoms with Gasteiger partial charge in [-0.3, -0.25) is 9.59 Å². The van der Waals surface area contributed by atoms with Gasteiger partial charge in [0.2, 0.25) is 11.8 Å². The summed E-state index contributed by atoms with van der Waals surface area (Å²) in [5, 5.41) is 6.06. The minimum atomic E-state index is -0.583. The molecule has 0 aliphatic heterocycles. The first-order valence-electron chi connectivity index (χ1n) is 12.9. The molecule has 2 aromatic carbocycles. The molecule has 1 unspecified atom stereocenters. The number of carbonyl (C=O) groups excluding carboxylic acids is 2. The fourth-order valence-electron chi connectivity index (χ4n) is 3.89. The van der Waals surface area contributed by atoms with Crippen LogP contribution < -0.4 is 21.1 Å². The van der Waals surface area contributed by atoms with Crippen LogP contribution in [0.1, 0.15) is 77.0 Å². The van der Waals surface area contributed by atoms with Crippen LogP contribution in [0.3, 0.4) is 0 Å². The average molecular weight is 482 g/mol. The third kappa shape index (κ3) is 9.02. The zero-order valence-electron chi connectivity index (χ0n) is 21.9. The van der Waals surface area contributed by atoms with E-state index in [0.29, 0.717) is 12.5 Å². The first-order chi connectivity index (χ1) is 16.8. The standard InChI is InChI=1S/C29H43N3O3/c1-6-11-20(3)19-35-25-16-14-24(15-17-25)26(18-31-29(34)27(30)21(4)7-2)32-28(33)22(5)23-12-9-8-10-13-23/h8-10,12-17,20-22,26-27H,6-7,11,18-19,30H2,1-5H3,(H,31,34)(H,32,33)/t20?,21-,22+,26-,27+/m1/s1. The molecule has 0 spiro atoms. The molecule has 2 amide bonds. The maximum atomic E-state index is 13.1. The monoisotopic (exact) mass is 481 g/mol. The second kappa shape index (κ2) is 14.5. The van der Waals surface area contributed by atoms with E-state index in [4.69, 9.17) is 10.5 Å². The Bertz CT molecular complexity index is 901. The number of hydrogen-bond acceptors (Lipinski definition) is 4. The normalized spacial score (nSPS) is 15.4. The molecule has 6 heteroatoms. The summed E-state index contributed by atoms with van der Waals surface area (Å²) >= 11 is 0. The van der Waals surface area contributed by atoms with Crippen molar-refractivity contribution in [3.8, 4) is 5.75 Å². The quantitative estimate of drug-likeness (QED) is 0.356. The van der Waals surface area contributed by atoms with E-state index in [1.54, 1.807) is 0 Å². The van der Waals surface area contributed by atoms with Crippen molar-refractivity contribution in [2.45, 2.75) is 71.9 Å². The number of benzene rings is 2. The van der Waals surface area contributed by atoms with Gasteiger partial charge in [0.1, 0.15) is 5.75 Å². The Hall–Kier alpha value is -2.86. The summed E-state index contributed by atoms with van der Waals surface area (Å²) in [6, 6.07) is 16.4. The zero-order chi connectivity index (χ0) is 25.8. The van der Waals surface area contributed by atoms with Gasteiger partial charge in [-0.15, -0.1) is 0 Å². The maximum absolute atomic E-state index is 13.1. The van der Waals surface area contributed by atoms with Crippen molar-refractivity contribution in [1.29, 1.82) is 0 Å². The van der Waals surface area contributed by atoms with Crippen LogP contribution in [0.25, 0.3) is 0 Å². The van der Waals surface area contributed by atoms with Crippen LogP contribution >= 0.6 is 0 Å². The lowest BCUT2D eigenvalue weighted by atomic mass is 9.98. The highest BCUT2D eigenvalue weighted by Crippen LogP contribution is 2.21. The van der Waals surface area contributed by atoms with Gasteiger partial charge in [0, 0.05) is 6.54 Å². The number of ether oxygens (including phenoxy) is 1. The van der Waals surface area contributed by atoms with Crippen molar-refractivity contribution >= 4 is 11.8 Å². The molecular formula is C29H43N3O3. The predicted octanol–water partition coefficient (Wildman–Crippen LogP) is 4.95. The van der Waals surface area contributed by atoms with E-state index in [-0.39, 0.29) is 30.2 Å². The van der Waals surface area contributed by atoms with Gasteiger partial charge in [0.25, 0.3) is 0 Å². The van der Waals surface area contributed by atoms with Gasteiger partial charge in [-0.05, 0) is 48.4 Å². The molecule has 0 aromatic heterocycles. The Kier molecular flexibility index (Phi) is 11.8. The Morgan fingerprint density at radius 1 is 0.914 bits per heavy atom. The molecule has 0 aliphatic rings. The van der Waals surface area contributed by atoms with E-state index in [1.807, 2.05) is 75.4 Å². The van der Waals surface area contributed by atoms with Crippen LogP contribution in [-0.4, -0.2) is 31.0 Å². The van der Waals surface area contributed by atoms with Crippen molar-refractivity contribution in [1.82, 2.24) is 10.6 Å². The number of nitrogens with one attached hydrogen (secondary N) is 2. The maximum Gasteiger partial charge on any atom is 0.237 e. The molecule has 5 atom stereocenters. The molecule has 0 aliphatic carbocycles. The Morgan fingerprint density at radius 2 is 1.57 bits per heavy atom. The van der Waals surface area contributed by atoms with Crippen LogP contribution in [-0.2, 0) is 9.59 Å². The van der Waals surface area contributed by atoms with E-state index in [0.717, 1.165) is 36.1 Å². The van der Waals surface area contributed by atoms with E-state index in [9.17, 15) is 9.59 Å². The second-order valence-electron chi connectivity index (χ2n) is 9.62. The second-order valence-corrected chi connectivity index (χ2v) is 9.62. The Labute approximate surface area is 211 Å². The molecular weight excluding hydrogens is 438 g/mol. The molecule has 0 heterocycles. The first-order valence-corrected chi connectivity index (χ1v) is 12.9. The Balaban J connectivity index is 2.13. The zero-order valence-corrected chi connectivity index (χ0v) is 21.9. The highest BCUT2D eigenvalue weighted by atomic mass is 16.5. The predicted molar refractivity (Wildman–Crippen MR) is 142 cm³/mol. The Morgan fingerprint density at radius 3 is 2.17 bits per heavy atom. The summed E-state index contributed by atoms with van der Waals surface area (Å²) in [5.41, 5.74) is 7.94. The summed E-state index contributed by atoms with van der Waals surface area (Å²) in [4.78, 5) is 25.7. The van der Waals surface area contributed by atoms with Crippen LogP contribution in [0.2, 0.25) is 0 Å². The molecule has 35 heavy (non-hydrogen) atoms. The first kappa shape index (κ1) is 28.4. The van der Waals surface area contributed by atoms with Crippen molar-refractivity contribution in [3.05, 3.63) is 65.7 Å². The summed E-state index contributed by atoms with van der Waals surface area (Å²) in [6.45, 7) is 11.1. The number of hydrogen-bond donors (Lipinski definition) is 3. The number of carbonyl (C=O) groups is 2. The van der Waals surface area contributed by atoms with Gasteiger partial charge in [-0.2, -0.15) is 0 Å². The van der Waals surface area contributed by atoms with Gasteiger partial charge in [0.05, 0.1) is 24.6 Å². The van der Waals surface area contributed by atoms with Crippen LogP contribution in [0, 0.1) is 11.8 Å². The summed E-state index contributed by atoms with van der Waals surface area (Å²) in [7, 11) is 0. The molecule has 2 rings (SSSR count). The molecule has 0 saturated heterocycles. The largest absolute Gasteiger partial charge is 0.493 e. The summed E-state index contributed by atoms with van der Waals surface area (Å²) in [5.74, 6) is 0.737. The topological polar surface area (TPSA) is 93.4 Å². The molecule has 0 fully saturated rings. The van der Waals surface area contributed by atoms with Crippen molar-refractivity contribution in [3.63, 3.8) is 0 Å². The lowest BCUT2D eigenvalue weighted by molar-refractivity contribution is -0.125. The molecule has 6 nitrogen and oxygen atoms in total. The summed E-state index contributed by atoms with van der Waals surface area (Å²) in [6.07, 6.45) is 3.09. The number of rotatable bonds is 14. The van der Waals surface area contributed by atoms with Crippen LogP contribution in [0.4, 0.5) is 0 Å². The fraction of sp³-hybridized carbons (Fsp3) is 0.517. The molecule has 0 radical (unpaired) electrons. The highest BCUT2D eigenvalue weighted by Gasteiger charge is 2.24. The molecule has 0 saturated carbocycles. The fourth-order valence-corrected chi connectivity index (χ4v) is 3.89. The van der Waals surface area contributed by atoms with E-state index < -0.39 is 12.1 Å². The van der Waals surface area contributed by atoms with E-state index in [2.05, 4.69) is 24.5 Å². The van der Waals surface area contributed by atoms with Gasteiger partial charge in [-0.1, -0.05) is 83.0 Å². The molecule has 192 valence electrons. The lowest BCUT2D eigenvalue weighted by Gasteiger charge is -2.24. The molecule has 2 aromatic rings. The SMILES string of the molecule is CCCC(C)COc1ccc([C@@H](CNC(=O)[C@@H](N)[C@H](C)CC)NC(=O)[C@@H](C)c2ccccc2)cc1. The van der Waals surface area contributed by atoms with Gasteiger partial charge >= 0.3 is 0 Å². The average Bonchev–Trinajstić information content (AvgIpc) is 2.89. The van der Waals surface area contributed by atoms with E-state index in [1.165, 1.54) is 0 Å². The third-order valence-corrected chi connectivity index (χ3v) is 6.65. The minimum absolute atomic E-state index is 0.0766. The molecule has 4 N–H and O–H groups in total. The van der Waals surface area contributed by atoms with Gasteiger partial charge in [0.15, 0.2) is 0 Å².